The lowest BCUT2D eigenvalue weighted by atomic mass is 10.1. The van der Waals surface area contributed by atoms with Crippen molar-refractivity contribution < 1.29 is 14.3 Å². The number of carbonyl (C=O) groups excluding carboxylic acids is 2. The lowest BCUT2D eigenvalue weighted by Crippen LogP contribution is -2.27. The van der Waals surface area contributed by atoms with E-state index in [2.05, 4.69) is 0 Å². The largest absolute Gasteiger partial charge is 0.461 e. The van der Waals surface area contributed by atoms with Gasteiger partial charge >= 0.3 is 5.97 Å². The maximum Gasteiger partial charge on any atom is 0.349 e. The van der Waals surface area contributed by atoms with Gasteiger partial charge in [0.1, 0.15) is 10.9 Å². The van der Waals surface area contributed by atoms with Crippen molar-refractivity contribution in [1.82, 2.24) is 4.90 Å². The molecular weight excluding hydrogens is 276 g/mol. The Bertz CT molecular complexity index is 585. The first kappa shape index (κ1) is 13.1. The molecule has 2 aliphatic rings. The van der Waals surface area contributed by atoms with Crippen molar-refractivity contribution in [2.75, 3.05) is 13.2 Å². The minimum Gasteiger partial charge on any atom is -0.461 e. The highest BCUT2D eigenvalue weighted by molar-refractivity contribution is 7.12. The standard InChI is InChI=1S/C14H14N2O3S/c15-6-10-3-4-20-13(10)14(18)19-8-9-5-12(17)16(7-9)11-1-2-11/h3-4,9,11H,1-2,5,7-8H2/t9-/m0/s1. The van der Waals surface area contributed by atoms with Crippen molar-refractivity contribution in [2.45, 2.75) is 25.3 Å². The van der Waals surface area contributed by atoms with Gasteiger partial charge in [-0.05, 0) is 24.3 Å². The first-order valence-corrected chi connectivity index (χ1v) is 7.51. The molecule has 104 valence electrons. The molecule has 1 amide bonds. The van der Waals surface area contributed by atoms with Crippen molar-refractivity contribution in [1.29, 1.82) is 5.26 Å². The second-order valence-corrected chi connectivity index (χ2v) is 6.14. The highest BCUT2D eigenvalue weighted by atomic mass is 32.1. The number of nitriles is 1. The van der Waals surface area contributed by atoms with E-state index in [1.54, 1.807) is 11.4 Å². The van der Waals surface area contributed by atoms with Crippen molar-refractivity contribution >= 4 is 23.2 Å². The zero-order valence-corrected chi connectivity index (χ0v) is 11.7. The third-order valence-electron chi connectivity index (χ3n) is 3.65. The average Bonchev–Trinajstić information content (AvgIpc) is 3.05. The number of likely N-dealkylation sites (tertiary alicyclic amines) is 1. The van der Waals surface area contributed by atoms with E-state index in [9.17, 15) is 9.59 Å². The van der Waals surface area contributed by atoms with Crippen molar-refractivity contribution in [3.8, 4) is 6.07 Å². The van der Waals surface area contributed by atoms with Gasteiger partial charge in [-0.2, -0.15) is 5.26 Å². The molecule has 1 saturated carbocycles. The van der Waals surface area contributed by atoms with E-state index in [0.29, 0.717) is 29.4 Å². The van der Waals surface area contributed by atoms with Gasteiger partial charge in [0.05, 0.1) is 12.2 Å². The zero-order chi connectivity index (χ0) is 14.1. The molecule has 0 unspecified atom stereocenters. The van der Waals surface area contributed by atoms with Gasteiger partial charge in [-0.3, -0.25) is 4.79 Å². The minimum absolute atomic E-state index is 0.0811. The van der Waals surface area contributed by atoms with Gasteiger partial charge in [-0.1, -0.05) is 0 Å². The number of amides is 1. The summed E-state index contributed by atoms with van der Waals surface area (Å²) in [5, 5.41) is 10.6. The van der Waals surface area contributed by atoms with Crippen LogP contribution in [-0.4, -0.2) is 36.0 Å². The molecule has 2 heterocycles. The Kier molecular flexibility index (Phi) is 3.45. The van der Waals surface area contributed by atoms with E-state index in [4.69, 9.17) is 10.00 Å². The maximum atomic E-state index is 11.9. The number of rotatable bonds is 4. The molecule has 6 heteroatoms. The SMILES string of the molecule is N#Cc1ccsc1C(=O)OC[C@H]1CC(=O)N(C2CC2)C1. The highest BCUT2D eigenvalue weighted by Crippen LogP contribution is 2.32. The predicted molar refractivity (Wildman–Crippen MR) is 72.2 cm³/mol. The third kappa shape index (κ3) is 2.54. The predicted octanol–water partition coefficient (Wildman–Crippen LogP) is 1.79. The molecule has 0 N–H and O–H groups in total. The molecule has 1 aromatic rings. The Morgan fingerprint density at radius 1 is 1.55 bits per heavy atom. The first-order chi connectivity index (χ1) is 9.69. The Labute approximate surface area is 120 Å². The number of thiophene rings is 1. The Hall–Kier alpha value is -1.87. The summed E-state index contributed by atoms with van der Waals surface area (Å²) < 4.78 is 5.25. The minimum atomic E-state index is -0.464. The molecule has 0 spiro atoms. The second kappa shape index (κ2) is 5.25. The lowest BCUT2D eigenvalue weighted by molar-refractivity contribution is -0.128. The average molecular weight is 290 g/mol. The van der Waals surface area contributed by atoms with Gasteiger partial charge in [-0.15, -0.1) is 11.3 Å². The highest BCUT2D eigenvalue weighted by Gasteiger charge is 2.39. The number of hydrogen-bond donors (Lipinski definition) is 0. The quantitative estimate of drug-likeness (QED) is 0.793. The monoisotopic (exact) mass is 290 g/mol. The van der Waals surface area contributed by atoms with Crippen molar-refractivity contribution in [2.24, 2.45) is 5.92 Å². The fraction of sp³-hybridized carbons (Fsp3) is 0.500. The summed E-state index contributed by atoms with van der Waals surface area (Å²) in [6.45, 7) is 0.933. The molecule has 0 radical (unpaired) electrons. The van der Waals surface area contributed by atoms with Crippen LogP contribution < -0.4 is 0 Å². The van der Waals surface area contributed by atoms with Crippen LogP contribution in [0.15, 0.2) is 11.4 Å². The van der Waals surface area contributed by atoms with Crippen molar-refractivity contribution in [3.63, 3.8) is 0 Å². The van der Waals surface area contributed by atoms with Gasteiger partial charge in [0.25, 0.3) is 0 Å². The molecule has 5 nitrogen and oxygen atoms in total. The zero-order valence-electron chi connectivity index (χ0n) is 10.9. The summed E-state index contributed by atoms with van der Waals surface area (Å²) in [5.41, 5.74) is 0.349. The summed E-state index contributed by atoms with van der Waals surface area (Å²) in [5.74, 6) is -0.214. The van der Waals surface area contributed by atoms with Crippen LogP contribution in [0.5, 0.6) is 0 Å². The summed E-state index contributed by atoms with van der Waals surface area (Å²) in [7, 11) is 0. The third-order valence-corrected chi connectivity index (χ3v) is 4.54. The number of carbonyl (C=O) groups is 2. The normalized spacial score (nSPS) is 21.9. The van der Waals surface area contributed by atoms with Crippen LogP contribution in [0.3, 0.4) is 0 Å². The molecule has 20 heavy (non-hydrogen) atoms. The van der Waals surface area contributed by atoms with Crippen LogP contribution in [0.2, 0.25) is 0 Å². The van der Waals surface area contributed by atoms with Crippen molar-refractivity contribution in [3.05, 3.63) is 21.9 Å². The molecule has 1 aliphatic heterocycles. The van der Waals surface area contributed by atoms with Gasteiger partial charge in [0, 0.05) is 24.9 Å². The molecule has 0 bridgehead atoms. The molecule has 1 saturated heterocycles. The van der Waals surface area contributed by atoms with Crippen LogP contribution >= 0.6 is 11.3 Å². The smallest absolute Gasteiger partial charge is 0.349 e. The Balaban J connectivity index is 1.54. The van der Waals surface area contributed by atoms with Gasteiger partial charge < -0.3 is 9.64 Å². The van der Waals surface area contributed by atoms with Gasteiger partial charge in [0.15, 0.2) is 0 Å². The lowest BCUT2D eigenvalue weighted by Gasteiger charge is -2.15. The summed E-state index contributed by atoms with van der Waals surface area (Å²) in [6.07, 6.45) is 2.65. The van der Waals surface area contributed by atoms with Crippen LogP contribution in [0.4, 0.5) is 0 Å². The topological polar surface area (TPSA) is 70.4 Å². The van der Waals surface area contributed by atoms with E-state index >= 15 is 0 Å². The van der Waals surface area contributed by atoms with E-state index in [1.807, 2.05) is 11.0 Å². The van der Waals surface area contributed by atoms with Crippen LogP contribution in [0.25, 0.3) is 0 Å². The number of esters is 1. The molecule has 1 atom stereocenters. The van der Waals surface area contributed by atoms with E-state index in [0.717, 1.165) is 12.8 Å². The molecule has 0 aromatic carbocycles. The summed E-state index contributed by atoms with van der Waals surface area (Å²) >= 11 is 1.21. The second-order valence-electron chi connectivity index (χ2n) is 5.22. The van der Waals surface area contributed by atoms with E-state index in [1.165, 1.54) is 11.3 Å². The van der Waals surface area contributed by atoms with Crippen LogP contribution in [-0.2, 0) is 9.53 Å². The maximum absolute atomic E-state index is 11.9. The number of nitrogens with zero attached hydrogens (tertiary/aromatic N) is 2. The molecule has 3 rings (SSSR count). The van der Waals surface area contributed by atoms with E-state index < -0.39 is 5.97 Å². The van der Waals surface area contributed by atoms with Gasteiger partial charge in [0.2, 0.25) is 5.91 Å². The van der Waals surface area contributed by atoms with Crippen LogP contribution in [0.1, 0.15) is 34.5 Å². The number of ether oxygens (including phenoxy) is 1. The summed E-state index contributed by atoms with van der Waals surface area (Å²) in [6, 6.07) is 4.00. The van der Waals surface area contributed by atoms with Crippen LogP contribution in [0, 0.1) is 17.2 Å². The fourth-order valence-electron chi connectivity index (χ4n) is 2.47. The fourth-order valence-corrected chi connectivity index (χ4v) is 3.21. The summed E-state index contributed by atoms with van der Waals surface area (Å²) in [4.78, 5) is 25.9. The first-order valence-electron chi connectivity index (χ1n) is 6.63. The molecule has 2 fully saturated rings. The Morgan fingerprint density at radius 2 is 2.35 bits per heavy atom. The van der Waals surface area contributed by atoms with E-state index in [-0.39, 0.29) is 18.4 Å². The molecule has 1 aliphatic carbocycles. The number of hydrogen-bond acceptors (Lipinski definition) is 5. The van der Waals surface area contributed by atoms with Gasteiger partial charge in [-0.25, -0.2) is 4.79 Å². The Morgan fingerprint density at radius 3 is 3.05 bits per heavy atom. The molecular formula is C14H14N2O3S. The molecule has 1 aromatic heterocycles.